The van der Waals surface area contributed by atoms with Gasteiger partial charge in [-0.25, -0.2) is 0 Å². The summed E-state index contributed by atoms with van der Waals surface area (Å²) in [5.74, 6) is 0. The minimum atomic E-state index is 0.740. The van der Waals surface area contributed by atoms with Crippen molar-refractivity contribution >= 4 is 104 Å². The first kappa shape index (κ1) is 41.2. The minimum Gasteiger partial charge on any atom is -0.456 e. The van der Waals surface area contributed by atoms with E-state index in [2.05, 4.69) is 254 Å². The van der Waals surface area contributed by atoms with Crippen molar-refractivity contribution in [2.75, 3.05) is 4.90 Å². The fourth-order valence-corrected chi connectivity index (χ4v) is 11.6. The van der Waals surface area contributed by atoms with E-state index >= 15 is 0 Å². The van der Waals surface area contributed by atoms with Gasteiger partial charge in [-0.05, 0) is 85.8 Å². The Labute approximate surface area is 420 Å². The second kappa shape index (κ2) is 16.5. The number of hydrogen-bond acceptors (Lipinski definition) is 4. The van der Waals surface area contributed by atoms with Gasteiger partial charge in [0.1, 0.15) is 27.9 Å². The molecule has 0 N–H and O–H groups in total. The summed E-state index contributed by atoms with van der Waals surface area (Å²) >= 11 is 0. The fraction of sp³-hybridized carbons (Fsp3) is 0.0145. The Hall–Kier alpha value is -9.64. The van der Waals surface area contributed by atoms with E-state index in [1.807, 2.05) is 0 Å². The quantitative estimate of drug-likeness (QED) is 0.152. The molecule has 0 fully saturated rings. The van der Waals surface area contributed by atoms with Crippen molar-refractivity contribution in [2.24, 2.45) is 0 Å². The number of anilines is 3. The van der Waals surface area contributed by atoms with Crippen LogP contribution in [0.1, 0.15) is 11.1 Å². The summed E-state index contributed by atoms with van der Waals surface area (Å²) in [6.45, 7) is 0. The molecule has 0 amide bonds. The van der Waals surface area contributed by atoms with E-state index in [0.717, 1.165) is 144 Å². The summed E-state index contributed by atoms with van der Waals surface area (Å²) in [4.78, 5) is 2.37. The maximum absolute atomic E-state index is 7.10. The van der Waals surface area contributed by atoms with Crippen LogP contribution in [0.5, 0.6) is 0 Å². The monoisotopic (exact) mass is 933 g/mol. The summed E-state index contributed by atoms with van der Waals surface area (Å²) < 4.78 is 20.6. The molecule has 342 valence electrons. The molecule has 0 unspecified atom stereocenters. The van der Waals surface area contributed by atoms with E-state index in [1.165, 1.54) is 10.9 Å². The van der Waals surface area contributed by atoms with Gasteiger partial charge in [-0.15, -0.1) is 0 Å². The van der Waals surface area contributed by atoms with Crippen molar-refractivity contribution in [3.8, 4) is 33.4 Å². The van der Waals surface area contributed by atoms with E-state index in [0.29, 0.717) is 0 Å². The molecule has 3 aromatic heterocycles. The number of para-hydroxylation sites is 5. The van der Waals surface area contributed by atoms with E-state index in [4.69, 9.17) is 13.3 Å². The molecule has 0 saturated heterocycles. The van der Waals surface area contributed by atoms with Gasteiger partial charge in [-0.2, -0.15) is 0 Å². The highest BCUT2D eigenvalue weighted by atomic mass is 16.3. The van der Waals surface area contributed by atoms with Crippen LogP contribution in [0.15, 0.2) is 262 Å². The van der Waals surface area contributed by atoms with Gasteiger partial charge in [-0.3, -0.25) is 0 Å². The summed E-state index contributed by atoms with van der Waals surface area (Å²) in [5.41, 5.74) is 17.4. The number of benzene rings is 12. The first-order valence-electron chi connectivity index (χ1n) is 24.9. The molecular weight excluding hydrogens is 891 g/mol. The SMILES string of the molecule is c1ccc(-c2ccccc2N(c2ccc3c(ccc4oc5ccc6cc(Cc7cccc8c7oc7c(-c9ccccc9)cccc78)ccc6c5c43)c2)c2cccc3c2oc2c(-c4ccccc4)cccc23)cc1. The lowest BCUT2D eigenvalue weighted by Crippen LogP contribution is -2.11. The number of hydrogen-bond donors (Lipinski definition) is 0. The second-order valence-electron chi connectivity index (χ2n) is 19.1. The molecule has 3 heterocycles. The highest BCUT2D eigenvalue weighted by Gasteiger charge is 2.24. The topological polar surface area (TPSA) is 42.7 Å². The van der Waals surface area contributed by atoms with Crippen molar-refractivity contribution in [3.63, 3.8) is 0 Å². The Morgan fingerprint density at radius 1 is 0.301 bits per heavy atom. The highest BCUT2D eigenvalue weighted by molar-refractivity contribution is 6.27. The van der Waals surface area contributed by atoms with Crippen LogP contribution in [0.3, 0.4) is 0 Å². The predicted octanol–water partition coefficient (Wildman–Crippen LogP) is 19.8. The fourth-order valence-electron chi connectivity index (χ4n) is 11.6. The predicted molar refractivity (Wildman–Crippen MR) is 304 cm³/mol. The molecule has 0 aliphatic carbocycles. The second-order valence-corrected chi connectivity index (χ2v) is 19.1. The van der Waals surface area contributed by atoms with Gasteiger partial charge in [0.05, 0.1) is 11.4 Å². The van der Waals surface area contributed by atoms with Gasteiger partial charge in [0.25, 0.3) is 0 Å². The maximum atomic E-state index is 7.10. The third kappa shape index (κ3) is 6.61. The normalized spacial score (nSPS) is 11.9. The lowest BCUT2D eigenvalue weighted by Gasteiger charge is -2.28. The molecule has 0 radical (unpaired) electrons. The van der Waals surface area contributed by atoms with Crippen LogP contribution in [-0.4, -0.2) is 0 Å². The molecular formula is C69H43NO3. The van der Waals surface area contributed by atoms with Crippen molar-refractivity contribution < 1.29 is 13.3 Å². The summed E-state index contributed by atoms with van der Waals surface area (Å²) in [5, 5.41) is 11.2. The average molecular weight is 934 g/mol. The third-order valence-electron chi connectivity index (χ3n) is 14.9. The summed E-state index contributed by atoms with van der Waals surface area (Å²) in [7, 11) is 0. The smallest absolute Gasteiger partial charge is 0.159 e. The van der Waals surface area contributed by atoms with Crippen LogP contribution in [0, 0.1) is 0 Å². The number of rotatable bonds is 8. The first-order valence-corrected chi connectivity index (χ1v) is 24.9. The first-order chi connectivity index (χ1) is 36.2. The van der Waals surface area contributed by atoms with Crippen LogP contribution >= 0.6 is 0 Å². The Balaban J connectivity index is 0.869. The molecule has 15 aromatic rings. The van der Waals surface area contributed by atoms with Gasteiger partial charge in [0.15, 0.2) is 5.58 Å². The van der Waals surface area contributed by atoms with E-state index < -0.39 is 0 Å². The molecule has 4 nitrogen and oxygen atoms in total. The zero-order chi connectivity index (χ0) is 48.0. The maximum Gasteiger partial charge on any atom is 0.159 e. The van der Waals surface area contributed by atoms with Gasteiger partial charge >= 0.3 is 0 Å². The van der Waals surface area contributed by atoms with Crippen molar-refractivity contribution in [1.29, 1.82) is 0 Å². The van der Waals surface area contributed by atoms with E-state index in [9.17, 15) is 0 Å². The van der Waals surface area contributed by atoms with Crippen molar-refractivity contribution in [1.82, 2.24) is 0 Å². The summed E-state index contributed by atoms with van der Waals surface area (Å²) in [6, 6.07) is 88.6. The standard InChI is InChI=1S/C69H43NO3/c1-4-16-44(17-5-1)51-23-10-11-30-60(51)70(61-31-15-29-59-58-28-14-25-55(68(58)73-69(59)61)46-20-8-3-9-21-46)50-35-37-53-48(42-50)34-39-63-65(53)64-52-36-32-43(40-47(52)33-38-62(64)71-63)41-49-22-12-26-56-57-27-13-24-54(67(57)72-66(49)56)45-18-6-2-7-19-45/h1-40,42H,41H2. The largest absolute Gasteiger partial charge is 0.456 e. The number of furan rings is 3. The average Bonchev–Trinajstić information content (AvgIpc) is 4.18. The van der Waals surface area contributed by atoms with E-state index in [-0.39, 0.29) is 0 Å². The summed E-state index contributed by atoms with van der Waals surface area (Å²) in [6.07, 6.45) is 0.740. The van der Waals surface area contributed by atoms with Gasteiger partial charge < -0.3 is 18.2 Å². The Morgan fingerprint density at radius 3 is 1.42 bits per heavy atom. The molecule has 0 saturated carbocycles. The minimum absolute atomic E-state index is 0.740. The zero-order valence-electron chi connectivity index (χ0n) is 39.6. The molecule has 0 spiro atoms. The molecule has 0 aliphatic rings. The molecule has 0 atom stereocenters. The van der Waals surface area contributed by atoms with Crippen LogP contribution < -0.4 is 4.90 Å². The highest BCUT2D eigenvalue weighted by Crippen LogP contribution is 2.48. The molecule has 0 aliphatic heterocycles. The Bertz CT molecular complexity index is 4640. The molecule has 73 heavy (non-hydrogen) atoms. The Kier molecular flexibility index (Phi) is 9.29. The Morgan fingerprint density at radius 2 is 0.781 bits per heavy atom. The molecule has 15 rings (SSSR count). The van der Waals surface area contributed by atoms with Crippen molar-refractivity contribution in [3.05, 3.63) is 260 Å². The molecule has 0 bridgehead atoms. The van der Waals surface area contributed by atoms with Gasteiger partial charge in [0, 0.05) is 61.1 Å². The van der Waals surface area contributed by atoms with Crippen molar-refractivity contribution in [2.45, 2.75) is 6.42 Å². The van der Waals surface area contributed by atoms with Crippen LogP contribution in [0.2, 0.25) is 0 Å². The van der Waals surface area contributed by atoms with Crippen LogP contribution in [0.4, 0.5) is 17.1 Å². The third-order valence-corrected chi connectivity index (χ3v) is 14.9. The molecule has 4 heteroatoms. The van der Waals surface area contributed by atoms with Gasteiger partial charge in [-0.1, -0.05) is 212 Å². The lowest BCUT2D eigenvalue weighted by molar-refractivity contribution is 0.665. The van der Waals surface area contributed by atoms with Crippen LogP contribution in [0.25, 0.3) is 121 Å². The zero-order valence-corrected chi connectivity index (χ0v) is 39.6. The number of nitrogens with zero attached hydrogens (tertiary/aromatic N) is 1. The lowest BCUT2D eigenvalue weighted by atomic mass is 9.96. The number of fused-ring (bicyclic) bond motifs is 13. The molecule has 12 aromatic carbocycles. The van der Waals surface area contributed by atoms with E-state index in [1.54, 1.807) is 0 Å². The van der Waals surface area contributed by atoms with Crippen LogP contribution in [-0.2, 0) is 6.42 Å². The van der Waals surface area contributed by atoms with Gasteiger partial charge in [0.2, 0.25) is 0 Å².